The summed E-state index contributed by atoms with van der Waals surface area (Å²) in [6.07, 6.45) is 0. The van der Waals surface area contributed by atoms with E-state index in [4.69, 9.17) is 9.47 Å². The fourth-order valence-corrected chi connectivity index (χ4v) is 2.27. The van der Waals surface area contributed by atoms with E-state index in [1.165, 1.54) is 0 Å². The first-order valence-corrected chi connectivity index (χ1v) is 7.03. The lowest BCUT2D eigenvalue weighted by Crippen LogP contribution is -2.10. The van der Waals surface area contributed by atoms with Gasteiger partial charge in [0.2, 0.25) is 0 Å². The summed E-state index contributed by atoms with van der Waals surface area (Å²) in [6.45, 7) is 5.18. The largest absolute Gasteiger partial charge is 0.490 e. The van der Waals surface area contributed by atoms with Crippen LogP contribution < -0.4 is 9.47 Å². The van der Waals surface area contributed by atoms with Crippen molar-refractivity contribution in [3.8, 4) is 11.5 Å². The Morgan fingerprint density at radius 3 is 2.21 bits per heavy atom. The summed E-state index contributed by atoms with van der Waals surface area (Å²) < 4.78 is 12.4. The van der Waals surface area contributed by atoms with Gasteiger partial charge in [0, 0.05) is 4.47 Å². The van der Waals surface area contributed by atoms with Gasteiger partial charge in [-0.05, 0) is 43.2 Å². The molecule has 0 fully saturated rings. The van der Waals surface area contributed by atoms with Crippen molar-refractivity contribution in [1.29, 1.82) is 0 Å². The normalized spacial score (nSPS) is 10.3. The van der Waals surface area contributed by atoms with E-state index in [0.29, 0.717) is 13.2 Å². The van der Waals surface area contributed by atoms with Crippen molar-refractivity contribution in [2.24, 2.45) is 0 Å². The molecule has 0 N–H and O–H groups in total. The Labute approximate surface area is 122 Å². The molecule has 100 valence electrons. The van der Waals surface area contributed by atoms with Crippen LogP contribution in [0.2, 0.25) is 0 Å². The van der Waals surface area contributed by atoms with Crippen LogP contribution in [0.5, 0.6) is 11.5 Å². The average Bonchev–Trinajstić information content (AvgIpc) is 2.37. The molecule has 0 heterocycles. The monoisotopic (exact) mass is 320 g/mol. The minimum absolute atomic E-state index is 0.532. The molecule has 0 bridgehead atoms. The molecule has 0 radical (unpaired) electrons. The molecular formula is C16H17BrO2. The molecule has 0 aliphatic rings. The Kier molecular flexibility index (Phi) is 4.86. The van der Waals surface area contributed by atoms with Crippen LogP contribution in [-0.4, -0.2) is 13.2 Å². The third-order valence-electron chi connectivity index (χ3n) is 2.80. The summed E-state index contributed by atoms with van der Waals surface area (Å²) in [5.74, 6) is 1.81. The van der Waals surface area contributed by atoms with Gasteiger partial charge >= 0.3 is 0 Å². The second kappa shape index (κ2) is 6.62. The molecule has 0 unspecified atom stereocenters. The van der Waals surface area contributed by atoms with Gasteiger partial charge in [-0.25, -0.2) is 0 Å². The molecule has 2 rings (SSSR count). The summed E-state index contributed by atoms with van der Waals surface area (Å²) in [5.41, 5.74) is 2.31. The molecule has 0 atom stereocenters. The number of halogens is 1. The minimum atomic E-state index is 0.532. The van der Waals surface area contributed by atoms with Crippen LogP contribution in [-0.2, 0) is 0 Å². The summed E-state index contributed by atoms with van der Waals surface area (Å²) >= 11 is 3.42. The van der Waals surface area contributed by atoms with E-state index >= 15 is 0 Å². The van der Waals surface area contributed by atoms with Gasteiger partial charge in [0.25, 0.3) is 0 Å². The topological polar surface area (TPSA) is 18.5 Å². The van der Waals surface area contributed by atoms with Crippen molar-refractivity contribution in [3.05, 3.63) is 58.1 Å². The number of rotatable bonds is 5. The van der Waals surface area contributed by atoms with Crippen molar-refractivity contribution < 1.29 is 9.47 Å². The zero-order valence-electron chi connectivity index (χ0n) is 11.2. The third kappa shape index (κ3) is 4.00. The second-order valence-electron chi connectivity index (χ2n) is 4.38. The molecule has 3 heteroatoms. The van der Waals surface area contributed by atoms with Gasteiger partial charge in [-0.15, -0.1) is 0 Å². The maximum Gasteiger partial charge on any atom is 0.125 e. The van der Waals surface area contributed by atoms with E-state index in [2.05, 4.69) is 41.9 Å². The summed E-state index contributed by atoms with van der Waals surface area (Å²) in [7, 11) is 0. The molecule has 0 saturated heterocycles. The van der Waals surface area contributed by atoms with Gasteiger partial charge in [-0.1, -0.05) is 40.2 Å². The van der Waals surface area contributed by atoms with Gasteiger partial charge in [0.15, 0.2) is 0 Å². The predicted octanol–water partition coefficient (Wildman–Crippen LogP) is 4.52. The molecule has 0 saturated carbocycles. The van der Waals surface area contributed by atoms with Gasteiger partial charge in [0.1, 0.15) is 24.7 Å². The molecule has 19 heavy (non-hydrogen) atoms. The van der Waals surface area contributed by atoms with Gasteiger partial charge < -0.3 is 9.47 Å². The van der Waals surface area contributed by atoms with Crippen LogP contribution in [0.1, 0.15) is 11.1 Å². The second-order valence-corrected chi connectivity index (χ2v) is 5.29. The van der Waals surface area contributed by atoms with Crippen LogP contribution >= 0.6 is 15.9 Å². The number of ether oxygens (including phenoxy) is 2. The van der Waals surface area contributed by atoms with Gasteiger partial charge in [-0.3, -0.25) is 0 Å². The average molecular weight is 321 g/mol. The van der Waals surface area contributed by atoms with Crippen LogP contribution in [0.25, 0.3) is 0 Å². The number of para-hydroxylation sites is 1. The van der Waals surface area contributed by atoms with Crippen molar-refractivity contribution >= 4 is 15.9 Å². The summed E-state index contributed by atoms with van der Waals surface area (Å²) in [5, 5.41) is 0. The lowest BCUT2D eigenvalue weighted by atomic mass is 10.1. The lowest BCUT2D eigenvalue weighted by molar-refractivity contribution is 0.215. The smallest absolute Gasteiger partial charge is 0.125 e. The Morgan fingerprint density at radius 2 is 1.53 bits per heavy atom. The van der Waals surface area contributed by atoms with E-state index in [1.807, 2.05) is 30.3 Å². The van der Waals surface area contributed by atoms with E-state index in [9.17, 15) is 0 Å². The number of hydrogen-bond acceptors (Lipinski definition) is 2. The fraction of sp³-hybridized carbons (Fsp3) is 0.250. The van der Waals surface area contributed by atoms with E-state index in [1.54, 1.807) is 0 Å². The molecule has 2 aromatic rings. The fourth-order valence-electron chi connectivity index (χ4n) is 1.89. The highest BCUT2D eigenvalue weighted by Crippen LogP contribution is 2.22. The van der Waals surface area contributed by atoms with E-state index in [-0.39, 0.29) is 0 Å². The highest BCUT2D eigenvalue weighted by atomic mass is 79.9. The van der Waals surface area contributed by atoms with Crippen molar-refractivity contribution in [3.63, 3.8) is 0 Å². The maximum atomic E-state index is 5.78. The van der Waals surface area contributed by atoms with Crippen LogP contribution in [0.3, 0.4) is 0 Å². The Balaban J connectivity index is 1.84. The first-order chi connectivity index (χ1) is 9.16. The van der Waals surface area contributed by atoms with Crippen molar-refractivity contribution in [1.82, 2.24) is 0 Å². The Hall–Kier alpha value is -1.48. The van der Waals surface area contributed by atoms with Crippen LogP contribution in [0, 0.1) is 13.8 Å². The van der Waals surface area contributed by atoms with Crippen molar-refractivity contribution in [2.45, 2.75) is 13.8 Å². The third-order valence-corrected chi connectivity index (χ3v) is 3.30. The Bertz CT molecular complexity index is 532. The standard InChI is InChI=1S/C16H17BrO2/c1-12-5-3-6-13(2)16(12)19-10-9-18-15-8-4-7-14(17)11-15/h3-8,11H,9-10H2,1-2H3. The molecular weight excluding hydrogens is 304 g/mol. The molecule has 0 aliphatic heterocycles. The quantitative estimate of drug-likeness (QED) is 0.754. The number of hydrogen-bond donors (Lipinski definition) is 0. The number of aryl methyl sites for hydroxylation is 2. The Morgan fingerprint density at radius 1 is 0.895 bits per heavy atom. The predicted molar refractivity (Wildman–Crippen MR) is 81.0 cm³/mol. The number of benzene rings is 2. The molecule has 2 nitrogen and oxygen atoms in total. The van der Waals surface area contributed by atoms with E-state index < -0.39 is 0 Å². The minimum Gasteiger partial charge on any atom is -0.490 e. The highest BCUT2D eigenvalue weighted by molar-refractivity contribution is 9.10. The molecule has 0 spiro atoms. The van der Waals surface area contributed by atoms with E-state index in [0.717, 1.165) is 27.1 Å². The van der Waals surface area contributed by atoms with Crippen LogP contribution in [0.15, 0.2) is 46.9 Å². The molecule has 2 aromatic carbocycles. The first kappa shape index (κ1) is 13.9. The molecule has 0 aromatic heterocycles. The summed E-state index contributed by atoms with van der Waals surface area (Å²) in [4.78, 5) is 0. The zero-order chi connectivity index (χ0) is 13.7. The van der Waals surface area contributed by atoms with Gasteiger partial charge in [0.05, 0.1) is 0 Å². The lowest BCUT2D eigenvalue weighted by Gasteiger charge is -2.12. The van der Waals surface area contributed by atoms with Crippen LogP contribution in [0.4, 0.5) is 0 Å². The molecule has 0 aliphatic carbocycles. The first-order valence-electron chi connectivity index (χ1n) is 6.24. The van der Waals surface area contributed by atoms with Crippen molar-refractivity contribution in [2.75, 3.05) is 13.2 Å². The maximum absolute atomic E-state index is 5.78. The molecule has 0 amide bonds. The van der Waals surface area contributed by atoms with Gasteiger partial charge in [-0.2, -0.15) is 0 Å². The SMILES string of the molecule is Cc1cccc(C)c1OCCOc1cccc(Br)c1. The summed E-state index contributed by atoms with van der Waals surface area (Å²) in [6, 6.07) is 13.9. The highest BCUT2D eigenvalue weighted by Gasteiger charge is 2.03. The zero-order valence-corrected chi connectivity index (χ0v) is 12.7.